The van der Waals surface area contributed by atoms with Crippen LogP contribution in [0.3, 0.4) is 0 Å². The Hall–Kier alpha value is -1.10. The van der Waals surface area contributed by atoms with Gasteiger partial charge in [-0.15, -0.1) is 10.2 Å². The molecule has 2 N–H and O–H groups in total. The maximum Gasteiger partial charge on any atom is 0.226 e. The lowest BCUT2D eigenvalue weighted by molar-refractivity contribution is 0.758. The number of hydrogen-bond acceptors (Lipinski definition) is 4. The molecule has 0 spiro atoms. The van der Waals surface area contributed by atoms with Gasteiger partial charge in [0, 0.05) is 26.6 Å². The molecular formula is C9H17N5. The lowest BCUT2D eigenvalue weighted by Gasteiger charge is -2.15. The highest BCUT2D eigenvalue weighted by atomic mass is 15.4. The van der Waals surface area contributed by atoms with Gasteiger partial charge in [-0.2, -0.15) is 0 Å². The molecule has 2 rings (SSSR count). The number of aromatic nitrogens is 3. The molecule has 0 amide bonds. The van der Waals surface area contributed by atoms with Crippen molar-refractivity contribution in [2.24, 2.45) is 12.8 Å². The number of hydrogen-bond donors (Lipinski definition) is 1. The van der Waals surface area contributed by atoms with Gasteiger partial charge in [0.15, 0.2) is 0 Å². The minimum atomic E-state index is 0.631. The first-order chi connectivity index (χ1) is 6.83. The second-order valence-electron chi connectivity index (χ2n) is 3.71. The lowest BCUT2D eigenvalue weighted by atomic mass is 10.4. The maximum atomic E-state index is 5.50. The van der Waals surface area contributed by atoms with Gasteiger partial charge in [-0.05, 0) is 19.4 Å². The number of nitrogens with zero attached hydrogens (tertiary/aromatic N) is 4. The first-order valence-corrected chi connectivity index (χ1v) is 5.16. The van der Waals surface area contributed by atoms with Crippen molar-refractivity contribution in [3.05, 3.63) is 5.82 Å². The molecule has 1 aliphatic rings. The maximum absolute atomic E-state index is 5.50. The summed E-state index contributed by atoms with van der Waals surface area (Å²) < 4.78 is 2.05. The summed E-state index contributed by atoms with van der Waals surface area (Å²) in [5.74, 6) is 1.97. The monoisotopic (exact) mass is 195 g/mol. The van der Waals surface area contributed by atoms with Gasteiger partial charge in [0.1, 0.15) is 5.82 Å². The highest BCUT2D eigenvalue weighted by Gasteiger charge is 2.18. The number of rotatable bonds is 3. The van der Waals surface area contributed by atoms with E-state index in [4.69, 9.17) is 5.73 Å². The fraction of sp³-hybridized carbons (Fsp3) is 0.778. The summed E-state index contributed by atoms with van der Waals surface area (Å²) in [6.07, 6.45) is 3.33. The van der Waals surface area contributed by atoms with Crippen LogP contribution in [0.25, 0.3) is 0 Å². The summed E-state index contributed by atoms with van der Waals surface area (Å²) in [7, 11) is 2.01. The molecule has 14 heavy (non-hydrogen) atoms. The quantitative estimate of drug-likeness (QED) is 0.732. The first-order valence-electron chi connectivity index (χ1n) is 5.16. The van der Waals surface area contributed by atoms with Crippen LogP contribution in [0.4, 0.5) is 5.95 Å². The lowest BCUT2D eigenvalue weighted by Crippen LogP contribution is -2.22. The van der Waals surface area contributed by atoms with Crippen LogP contribution < -0.4 is 10.6 Å². The fourth-order valence-electron chi connectivity index (χ4n) is 1.89. The molecule has 0 radical (unpaired) electrons. The SMILES string of the molecule is Cn1c(CCN)nnc1N1CCCC1. The van der Waals surface area contributed by atoms with Crippen LogP contribution in [0, 0.1) is 0 Å². The van der Waals surface area contributed by atoms with Crippen LogP contribution in [0.5, 0.6) is 0 Å². The van der Waals surface area contributed by atoms with Crippen LogP contribution >= 0.6 is 0 Å². The molecule has 0 aliphatic carbocycles. The highest BCUT2D eigenvalue weighted by Crippen LogP contribution is 2.17. The van der Waals surface area contributed by atoms with Crippen molar-refractivity contribution >= 4 is 5.95 Å². The molecule has 1 fully saturated rings. The average Bonchev–Trinajstić information content (AvgIpc) is 2.77. The molecule has 5 nitrogen and oxygen atoms in total. The molecule has 0 aromatic carbocycles. The predicted molar refractivity (Wildman–Crippen MR) is 55.2 cm³/mol. The van der Waals surface area contributed by atoms with Gasteiger partial charge in [0.2, 0.25) is 5.95 Å². The van der Waals surface area contributed by atoms with E-state index in [2.05, 4.69) is 19.7 Å². The van der Waals surface area contributed by atoms with Crippen LogP contribution in [-0.4, -0.2) is 34.4 Å². The van der Waals surface area contributed by atoms with E-state index in [1.165, 1.54) is 12.8 Å². The number of nitrogens with two attached hydrogens (primary N) is 1. The van der Waals surface area contributed by atoms with Crippen LogP contribution in [0.1, 0.15) is 18.7 Å². The Morgan fingerprint density at radius 1 is 1.29 bits per heavy atom. The Kier molecular flexibility index (Phi) is 2.67. The Balaban J connectivity index is 2.17. The Labute approximate surface area is 83.9 Å². The number of anilines is 1. The third-order valence-electron chi connectivity index (χ3n) is 2.70. The molecule has 2 heterocycles. The topological polar surface area (TPSA) is 60.0 Å². The van der Waals surface area contributed by atoms with E-state index in [-0.39, 0.29) is 0 Å². The molecule has 0 unspecified atom stereocenters. The molecule has 1 aromatic rings. The Morgan fingerprint density at radius 2 is 2.00 bits per heavy atom. The van der Waals surface area contributed by atoms with Crippen molar-refractivity contribution in [3.63, 3.8) is 0 Å². The van der Waals surface area contributed by atoms with Crippen molar-refractivity contribution in [2.45, 2.75) is 19.3 Å². The van der Waals surface area contributed by atoms with E-state index < -0.39 is 0 Å². The Bertz CT molecular complexity index is 300. The molecule has 0 saturated carbocycles. The predicted octanol–water partition coefficient (Wildman–Crippen LogP) is -0.0835. The summed E-state index contributed by atoms with van der Waals surface area (Å²) in [6.45, 7) is 2.84. The van der Waals surface area contributed by atoms with E-state index in [0.29, 0.717) is 6.54 Å². The molecule has 0 atom stereocenters. The second kappa shape index (κ2) is 3.96. The minimum Gasteiger partial charge on any atom is -0.341 e. The molecule has 1 saturated heterocycles. The molecule has 1 aromatic heterocycles. The van der Waals surface area contributed by atoms with E-state index in [1.807, 2.05) is 7.05 Å². The van der Waals surface area contributed by atoms with Crippen molar-refractivity contribution < 1.29 is 0 Å². The van der Waals surface area contributed by atoms with Crippen LogP contribution in [0.2, 0.25) is 0 Å². The smallest absolute Gasteiger partial charge is 0.226 e. The molecule has 0 bridgehead atoms. The summed E-state index contributed by atoms with van der Waals surface area (Å²) in [5.41, 5.74) is 5.50. The summed E-state index contributed by atoms with van der Waals surface area (Å²) >= 11 is 0. The van der Waals surface area contributed by atoms with E-state index in [9.17, 15) is 0 Å². The summed E-state index contributed by atoms with van der Waals surface area (Å²) in [6, 6.07) is 0. The fourth-order valence-corrected chi connectivity index (χ4v) is 1.89. The average molecular weight is 195 g/mol. The normalized spacial score (nSPS) is 16.6. The largest absolute Gasteiger partial charge is 0.341 e. The van der Waals surface area contributed by atoms with Crippen molar-refractivity contribution in [1.82, 2.24) is 14.8 Å². The standard InChI is InChI=1S/C9H17N5/c1-13-8(4-5-10)11-12-9(13)14-6-2-3-7-14/h2-7,10H2,1H3. The minimum absolute atomic E-state index is 0.631. The van der Waals surface area contributed by atoms with Crippen molar-refractivity contribution in [2.75, 3.05) is 24.5 Å². The Morgan fingerprint density at radius 3 is 2.64 bits per heavy atom. The third-order valence-corrected chi connectivity index (χ3v) is 2.70. The van der Waals surface area contributed by atoms with E-state index in [1.54, 1.807) is 0 Å². The van der Waals surface area contributed by atoms with Crippen LogP contribution in [0.15, 0.2) is 0 Å². The van der Waals surface area contributed by atoms with Crippen LogP contribution in [-0.2, 0) is 13.5 Å². The molecule has 5 heteroatoms. The van der Waals surface area contributed by atoms with Crippen molar-refractivity contribution in [1.29, 1.82) is 0 Å². The zero-order valence-corrected chi connectivity index (χ0v) is 8.61. The van der Waals surface area contributed by atoms with Gasteiger partial charge >= 0.3 is 0 Å². The summed E-state index contributed by atoms with van der Waals surface area (Å²) in [5, 5.41) is 8.34. The molecular weight excluding hydrogens is 178 g/mol. The van der Waals surface area contributed by atoms with Gasteiger partial charge in [-0.25, -0.2) is 0 Å². The summed E-state index contributed by atoms with van der Waals surface area (Å²) in [4.78, 5) is 2.28. The van der Waals surface area contributed by atoms with E-state index >= 15 is 0 Å². The van der Waals surface area contributed by atoms with Gasteiger partial charge in [0.05, 0.1) is 0 Å². The zero-order valence-electron chi connectivity index (χ0n) is 8.61. The highest BCUT2D eigenvalue weighted by molar-refractivity contribution is 5.31. The van der Waals surface area contributed by atoms with Gasteiger partial charge < -0.3 is 15.2 Å². The van der Waals surface area contributed by atoms with Gasteiger partial charge in [-0.3, -0.25) is 0 Å². The van der Waals surface area contributed by atoms with E-state index in [0.717, 1.165) is 31.3 Å². The first kappa shape index (κ1) is 9.45. The second-order valence-corrected chi connectivity index (χ2v) is 3.71. The van der Waals surface area contributed by atoms with Gasteiger partial charge in [-0.1, -0.05) is 0 Å². The third kappa shape index (κ3) is 1.59. The molecule has 78 valence electrons. The molecule has 1 aliphatic heterocycles. The van der Waals surface area contributed by atoms with Gasteiger partial charge in [0.25, 0.3) is 0 Å². The van der Waals surface area contributed by atoms with Crippen molar-refractivity contribution in [3.8, 4) is 0 Å². The zero-order chi connectivity index (χ0) is 9.97.